The number of rotatable bonds is 8. The predicted molar refractivity (Wildman–Crippen MR) is 113 cm³/mol. The number of halogens is 1. The Hall–Kier alpha value is -2.83. The Morgan fingerprint density at radius 1 is 1.14 bits per heavy atom. The molecule has 0 saturated heterocycles. The van der Waals surface area contributed by atoms with Crippen molar-refractivity contribution in [3.63, 3.8) is 0 Å². The molecule has 0 fully saturated rings. The molecule has 1 heterocycles. The molecule has 2 aromatic carbocycles. The number of urea groups is 1. The number of ether oxygens (including phenoxy) is 1. The molecule has 6 nitrogen and oxygen atoms in total. The van der Waals surface area contributed by atoms with Crippen molar-refractivity contribution in [2.45, 2.75) is 19.4 Å². The van der Waals surface area contributed by atoms with Crippen LogP contribution in [0, 0.1) is 0 Å². The predicted octanol–water partition coefficient (Wildman–Crippen LogP) is 3.34. The summed E-state index contributed by atoms with van der Waals surface area (Å²) in [5, 5.41) is 9.59. The van der Waals surface area contributed by atoms with Crippen LogP contribution in [0.15, 0.2) is 65.9 Å². The summed E-state index contributed by atoms with van der Waals surface area (Å²) in [6.07, 6.45) is 0.799. The Bertz CT molecular complexity index is 882. The molecule has 1 aliphatic rings. The second-order valence-corrected chi connectivity index (χ2v) is 7.04. The number of carbonyl (C=O) groups is 2. The Morgan fingerprint density at radius 2 is 1.86 bits per heavy atom. The van der Waals surface area contributed by atoms with E-state index in [1.807, 2.05) is 54.6 Å². The normalized spacial score (nSPS) is 16.2. The maximum absolute atomic E-state index is 12.7. The SMILES string of the molecule is CCOC(=O)C1=C(CNCCc2ccc(Cl)cc2)NC(=O)N[C@H]1c1ccccc1. The third-order valence-electron chi connectivity index (χ3n) is 4.59. The number of carbonyl (C=O) groups excluding carboxylic acids is 2. The van der Waals surface area contributed by atoms with Gasteiger partial charge in [-0.05, 0) is 43.1 Å². The molecule has 29 heavy (non-hydrogen) atoms. The first kappa shape index (κ1) is 20.9. The van der Waals surface area contributed by atoms with E-state index in [0.29, 0.717) is 29.4 Å². The number of esters is 1. The summed E-state index contributed by atoms with van der Waals surface area (Å²) >= 11 is 5.91. The lowest BCUT2D eigenvalue weighted by Gasteiger charge is -2.29. The lowest BCUT2D eigenvalue weighted by atomic mass is 9.95. The van der Waals surface area contributed by atoms with Gasteiger partial charge >= 0.3 is 12.0 Å². The number of hydrogen-bond donors (Lipinski definition) is 3. The molecule has 7 heteroatoms. The van der Waals surface area contributed by atoms with Crippen molar-refractivity contribution in [1.29, 1.82) is 0 Å². The first-order valence-corrected chi connectivity index (χ1v) is 9.94. The van der Waals surface area contributed by atoms with Gasteiger partial charge in [-0.1, -0.05) is 54.1 Å². The molecule has 0 spiro atoms. The highest BCUT2D eigenvalue weighted by Crippen LogP contribution is 2.27. The van der Waals surface area contributed by atoms with Gasteiger partial charge in [0.25, 0.3) is 0 Å². The first-order valence-electron chi connectivity index (χ1n) is 9.56. The molecule has 152 valence electrons. The minimum absolute atomic E-state index is 0.259. The zero-order valence-corrected chi connectivity index (χ0v) is 17.0. The molecular weight excluding hydrogens is 390 g/mol. The molecule has 3 N–H and O–H groups in total. The fourth-order valence-electron chi connectivity index (χ4n) is 3.20. The van der Waals surface area contributed by atoms with Gasteiger partial charge < -0.3 is 20.7 Å². The highest BCUT2D eigenvalue weighted by molar-refractivity contribution is 6.30. The van der Waals surface area contributed by atoms with Crippen LogP contribution in [0.1, 0.15) is 24.1 Å². The van der Waals surface area contributed by atoms with Crippen LogP contribution < -0.4 is 16.0 Å². The monoisotopic (exact) mass is 413 g/mol. The zero-order chi connectivity index (χ0) is 20.6. The fraction of sp³-hybridized carbons (Fsp3) is 0.273. The van der Waals surface area contributed by atoms with Gasteiger partial charge in [-0.25, -0.2) is 9.59 Å². The Morgan fingerprint density at radius 3 is 2.55 bits per heavy atom. The van der Waals surface area contributed by atoms with Crippen molar-refractivity contribution in [2.75, 3.05) is 19.7 Å². The lowest BCUT2D eigenvalue weighted by molar-refractivity contribution is -0.139. The van der Waals surface area contributed by atoms with E-state index >= 15 is 0 Å². The highest BCUT2D eigenvalue weighted by Gasteiger charge is 2.33. The van der Waals surface area contributed by atoms with Crippen LogP contribution in [0.5, 0.6) is 0 Å². The van der Waals surface area contributed by atoms with Gasteiger partial charge in [0, 0.05) is 17.3 Å². The summed E-state index contributed by atoms with van der Waals surface area (Å²) in [4.78, 5) is 24.9. The first-order chi connectivity index (χ1) is 14.1. The molecule has 1 aliphatic heterocycles. The van der Waals surface area contributed by atoms with Gasteiger partial charge in [0.15, 0.2) is 0 Å². The highest BCUT2D eigenvalue weighted by atomic mass is 35.5. The maximum Gasteiger partial charge on any atom is 0.338 e. The van der Waals surface area contributed by atoms with Crippen LogP contribution in [0.2, 0.25) is 5.02 Å². The number of benzene rings is 2. The van der Waals surface area contributed by atoms with E-state index in [1.165, 1.54) is 0 Å². The Balaban J connectivity index is 1.76. The minimum atomic E-state index is -0.558. The average Bonchev–Trinajstić information content (AvgIpc) is 2.73. The van der Waals surface area contributed by atoms with E-state index in [-0.39, 0.29) is 12.6 Å². The zero-order valence-electron chi connectivity index (χ0n) is 16.2. The van der Waals surface area contributed by atoms with E-state index in [9.17, 15) is 9.59 Å². The summed E-state index contributed by atoms with van der Waals surface area (Å²) in [5.41, 5.74) is 2.91. The van der Waals surface area contributed by atoms with E-state index in [1.54, 1.807) is 6.92 Å². The van der Waals surface area contributed by atoms with Gasteiger partial charge in [-0.2, -0.15) is 0 Å². The van der Waals surface area contributed by atoms with Crippen LogP contribution in [0.3, 0.4) is 0 Å². The topological polar surface area (TPSA) is 79.5 Å². The summed E-state index contributed by atoms with van der Waals surface area (Å²) in [5.74, 6) is -0.441. The summed E-state index contributed by atoms with van der Waals surface area (Å²) in [6.45, 7) is 3.04. The van der Waals surface area contributed by atoms with Crippen molar-refractivity contribution in [2.24, 2.45) is 0 Å². The van der Waals surface area contributed by atoms with Gasteiger partial charge in [0.2, 0.25) is 0 Å². The van der Waals surface area contributed by atoms with E-state index in [4.69, 9.17) is 16.3 Å². The van der Waals surface area contributed by atoms with Gasteiger partial charge in [-0.15, -0.1) is 0 Å². The second kappa shape index (κ2) is 10.1. The van der Waals surface area contributed by atoms with Gasteiger partial charge in [0.05, 0.1) is 18.2 Å². The molecule has 0 bridgehead atoms. The Kier molecular flexibility index (Phi) is 7.27. The number of amides is 2. The smallest absolute Gasteiger partial charge is 0.338 e. The van der Waals surface area contributed by atoms with Crippen LogP contribution >= 0.6 is 11.6 Å². The Labute approximate surface area is 175 Å². The van der Waals surface area contributed by atoms with Gasteiger partial charge in [0.1, 0.15) is 0 Å². The van der Waals surface area contributed by atoms with Crippen molar-refractivity contribution in [3.8, 4) is 0 Å². The third kappa shape index (κ3) is 5.59. The molecule has 0 unspecified atom stereocenters. The molecule has 0 aliphatic carbocycles. The van der Waals surface area contributed by atoms with Crippen LogP contribution in [-0.2, 0) is 16.0 Å². The standard InChI is InChI=1S/C22H24ClN3O3/c1-2-29-21(27)19-18(14-24-13-12-15-8-10-17(23)11-9-15)25-22(28)26-20(19)16-6-4-3-5-7-16/h3-11,20,24H,2,12-14H2,1H3,(H2,25,26,28)/t20-/m0/s1. The van der Waals surface area contributed by atoms with Crippen molar-refractivity contribution in [1.82, 2.24) is 16.0 Å². The number of nitrogens with one attached hydrogen (secondary N) is 3. The quantitative estimate of drug-likeness (QED) is 0.458. The van der Waals surface area contributed by atoms with Crippen molar-refractivity contribution < 1.29 is 14.3 Å². The summed E-state index contributed by atoms with van der Waals surface area (Å²) < 4.78 is 5.26. The van der Waals surface area contributed by atoms with E-state index in [0.717, 1.165) is 17.5 Å². The molecule has 1 atom stereocenters. The molecule has 2 aromatic rings. The van der Waals surface area contributed by atoms with E-state index in [2.05, 4.69) is 16.0 Å². The van der Waals surface area contributed by atoms with Crippen LogP contribution in [0.4, 0.5) is 4.79 Å². The minimum Gasteiger partial charge on any atom is -0.463 e. The summed E-state index contributed by atoms with van der Waals surface area (Å²) in [6, 6.07) is 16.1. The summed E-state index contributed by atoms with van der Waals surface area (Å²) in [7, 11) is 0. The van der Waals surface area contributed by atoms with Crippen molar-refractivity contribution in [3.05, 3.63) is 82.0 Å². The molecule has 3 rings (SSSR count). The maximum atomic E-state index is 12.7. The van der Waals surface area contributed by atoms with Gasteiger partial charge in [-0.3, -0.25) is 0 Å². The lowest BCUT2D eigenvalue weighted by Crippen LogP contribution is -2.48. The second-order valence-electron chi connectivity index (χ2n) is 6.61. The third-order valence-corrected chi connectivity index (χ3v) is 4.84. The van der Waals surface area contributed by atoms with Crippen molar-refractivity contribution >= 4 is 23.6 Å². The molecule has 0 radical (unpaired) electrons. The van der Waals surface area contributed by atoms with Crippen LogP contribution in [0.25, 0.3) is 0 Å². The largest absolute Gasteiger partial charge is 0.463 e. The van der Waals surface area contributed by atoms with Crippen LogP contribution in [-0.4, -0.2) is 31.7 Å². The molecular formula is C22H24ClN3O3. The fourth-order valence-corrected chi connectivity index (χ4v) is 3.33. The number of hydrogen-bond acceptors (Lipinski definition) is 4. The average molecular weight is 414 g/mol. The molecule has 0 aromatic heterocycles. The van der Waals surface area contributed by atoms with E-state index < -0.39 is 12.0 Å². The molecule has 0 saturated carbocycles. The molecule has 2 amide bonds.